The van der Waals surface area contributed by atoms with Crippen LogP contribution in [0.2, 0.25) is 0 Å². The number of hydrogen-bond acceptors (Lipinski definition) is 10. The van der Waals surface area contributed by atoms with Crippen molar-refractivity contribution in [2.75, 3.05) is 18.1 Å². The zero-order chi connectivity index (χ0) is 29.7. The number of ether oxygens (including phenoxy) is 2. The Kier molecular flexibility index (Phi) is 6.65. The second-order valence-corrected chi connectivity index (χ2v) is 10.1. The Morgan fingerprint density at radius 3 is 2.50 bits per heavy atom. The van der Waals surface area contributed by atoms with Crippen LogP contribution in [0.4, 0.5) is 22.2 Å². The number of pyridine rings is 1. The molecule has 216 valence electrons. The van der Waals surface area contributed by atoms with Gasteiger partial charge < -0.3 is 19.6 Å². The van der Waals surface area contributed by atoms with Gasteiger partial charge in [0.1, 0.15) is 5.82 Å². The summed E-state index contributed by atoms with van der Waals surface area (Å²) in [4.78, 5) is 56.4. The van der Waals surface area contributed by atoms with Crippen molar-refractivity contribution in [3.63, 3.8) is 0 Å². The lowest BCUT2D eigenvalue weighted by molar-refractivity contribution is -0.396. The van der Waals surface area contributed by atoms with Crippen LogP contribution in [0, 0.1) is 24.0 Å². The van der Waals surface area contributed by atoms with Crippen molar-refractivity contribution in [1.29, 1.82) is 0 Å². The number of amides is 1. The summed E-state index contributed by atoms with van der Waals surface area (Å²) in [7, 11) is 3.05. The van der Waals surface area contributed by atoms with Crippen LogP contribution >= 0.6 is 0 Å². The summed E-state index contributed by atoms with van der Waals surface area (Å²) in [5, 5.41) is 11.3. The van der Waals surface area contributed by atoms with Gasteiger partial charge in [-0.25, -0.2) is 24.5 Å². The highest BCUT2D eigenvalue weighted by molar-refractivity contribution is 6.00. The molecule has 1 aliphatic rings. The van der Waals surface area contributed by atoms with E-state index in [0.29, 0.717) is 59.4 Å². The minimum atomic E-state index is -0.891. The maximum absolute atomic E-state index is 13.9. The quantitative estimate of drug-likeness (QED) is 0.224. The number of fused-ring (bicyclic) bond motifs is 2. The van der Waals surface area contributed by atoms with Crippen LogP contribution in [0.15, 0.2) is 41.6 Å². The molecular weight excluding hydrogens is 546 g/mol. The lowest BCUT2D eigenvalue weighted by Gasteiger charge is -2.25. The highest BCUT2D eigenvalue weighted by Gasteiger charge is 2.30. The Labute approximate surface area is 238 Å². The summed E-state index contributed by atoms with van der Waals surface area (Å²) in [6, 6.07) is 5.09. The Balaban J connectivity index is 1.52. The molecule has 5 aromatic rings. The second kappa shape index (κ2) is 10.3. The molecule has 1 aliphatic heterocycles. The van der Waals surface area contributed by atoms with E-state index < -0.39 is 17.0 Å². The fourth-order valence-electron chi connectivity index (χ4n) is 5.25. The normalized spacial score (nSPS) is 14.0. The third-order valence-electron chi connectivity index (χ3n) is 7.43. The molecule has 0 unspecified atom stereocenters. The average molecular weight is 574 g/mol. The highest BCUT2D eigenvalue weighted by Crippen LogP contribution is 2.34. The van der Waals surface area contributed by atoms with E-state index in [9.17, 15) is 19.7 Å². The van der Waals surface area contributed by atoms with Gasteiger partial charge >= 0.3 is 23.6 Å². The summed E-state index contributed by atoms with van der Waals surface area (Å²) in [5.41, 5.74) is 4.01. The van der Waals surface area contributed by atoms with E-state index in [1.807, 2.05) is 13.8 Å². The number of carbonyl (C=O) groups excluding carboxylic acids is 1. The van der Waals surface area contributed by atoms with E-state index in [4.69, 9.17) is 9.47 Å². The number of carbonyl (C=O) groups is 1. The van der Waals surface area contributed by atoms with E-state index in [1.54, 1.807) is 36.0 Å². The molecule has 4 aromatic heterocycles. The summed E-state index contributed by atoms with van der Waals surface area (Å²) in [6.07, 6.45) is 4.72. The van der Waals surface area contributed by atoms with Crippen molar-refractivity contribution in [2.24, 2.45) is 14.1 Å². The molecule has 1 saturated heterocycles. The Morgan fingerprint density at radius 2 is 1.79 bits per heavy atom. The fourth-order valence-corrected chi connectivity index (χ4v) is 5.25. The van der Waals surface area contributed by atoms with Crippen LogP contribution in [0.25, 0.3) is 22.1 Å². The molecule has 15 nitrogen and oxygen atoms in total. The molecule has 0 saturated carbocycles. The fraction of sp³-hybridized carbons (Fsp3) is 0.333. The van der Waals surface area contributed by atoms with Gasteiger partial charge in [0.2, 0.25) is 0 Å². The van der Waals surface area contributed by atoms with Gasteiger partial charge in [-0.15, -0.1) is 0 Å². The first-order valence-electron chi connectivity index (χ1n) is 13.2. The van der Waals surface area contributed by atoms with Gasteiger partial charge in [-0.3, -0.25) is 14.1 Å². The molecule has 6 rings (SSSR count). The van der Waals surface area contributed by atoms with E-state index in [1.165, 1.54) is 22.7 Å². The number of aromatic nitrogens is 7. The molecule has 42 heavy (non-hydrogen) atoms. The maximum Gasteiger partial charge on any atom is 0.437 e. The first-order chi connectivity index (χ1) is 20.1. The SMILES string of the molecule is Cc1cnc2cc(N(C(=O)Oc3cnc([N+](=O)[O-])n3C)c3cc4c(cn3)n(C)c(=O)n4C3CCOCC3)c(C)cc2n1. The van der Waals surface area contributed by atoms with Crippen LogP contribution in [0.1, 0.15) is 30.1 Å². The highest BCUT2D eigenvalue weighted by atomic mass is 16.6. The number of aryl methyl sites for hydroxylation is 3. The molecule has 15 heteroatoms. The van der Waals surface area contributed by atoms with E-state index in [0.717, 1.165) is 16.5 Å². The molecule has 0 spiro atoms. The molecule has 0 bridgehead atoms. The minimum Gasteiger partial charge on any atom is -0.390 e. The van der Waals surface area contributed by atoms with Gasteiger partial charge in [-0.1, -0.05) is 4.98 Å². The third kappa shape index (κ3) is 4.52. The van der Waals surface area contributed by atoms with Crippen LogP contribution in [-0.2, 0) is 18.8 Å². The molecule has 0 atom stereocenters. The number of benzene rings is 1. The molecule has 1 amide bonds. The second-order valence-electron chi connectivity index (χ2n) is 10.1. The molecule has 0 radical (unpaired) electrons. The van der Waals surface area contributed by atoms with Gasteiger partial charge in [0.05, 0.1) is 46.7 Å². The number of rotatable bonds is 5. The smallest absolute Gasteiger partial charge is 0.390 e. The zero-order valence-corrected chi connectivity index (χ0v) is 23.3. The monoisotopic (exact) mass is 573 g/mol. The van der Waals surface area contributed by atoms with Crippen LogP contribution in [-0.4, -0.2) is 57.9 Å². The summed E-state index contributed by atoms with van der Waals surface area (Å²) < 4.78 is 15.5. The van der Waals surface area contributed by atoms with E-state index in [-0.39, 0.29) is 23.4 Å². The first-order valence-corrected chi connectivity index (χ1v) is 13.2. The van der Waals surface area contributed by atoms with Gasteiger partial charge in [-0.2, -0.15) is 4.57 Å². The van der Waals surface area contributed by atoms with Gasteiger partial charge in [0, 0.05) is 38.6 Å². The molecule has 1 aromatic carbocycles. The van der Waals surface area contributed by atoms with Crippen molar-refractivity contribution < 1.29 is 19.2 Å². The molecule has 0 aliphatic carbocycles. The molecule has 1 fully saturated rings. The molecule has 0 N–H and O–H groups in total. The number of nitro groups is 1. The van der Waals surface area contributed by atoms with Crippen molar-refractivity contribution in [3.05, 3.63) is 68.6 Å². The van der Waals surface area contributed by atoms with Crippen molar-refractivity contribution in [3.8, 4) is 5.88 Å². The predicted octanol–water partition coefficient (Wildman–Crippen LogP) is 3.63. The number of hydrogen-bond donors (Lipinski definition) is 0. The van der Waals surface area contributed by atoms with E-state index >= 15 is 0 Å². The van der Waals surface area contributed by atoms with Crippen LogP contribution in [0.5, 0.6) is 5.88 Å². The van der Waals surface area contributed by atoms with Crippen LogP contribution in [0.3, 0.4) is 0 Å². The lowest BCUT2D eigenvalue weighted by Crippen LogP contribution is -2.31. The van der Waals surface area contributed by atoms with Crippen molar-refractivity contribution >= 4 is 45.6 Å². The summed E-state index contributed by atoms with van der Waals surface area (Å²) in [6.45, 7) is 4.73. The van der Waals surface area contributed by atoms with Crippen molar-refractivity contribution in [1.82, 2.24) is 33.6 Å². The maximum atomic E-state index is 13.9. The number of nitrogens with zero attached hydrogens (tertiary/aromatic N) is 9. The Bertz CT molecular complexity index is 1940. The van der Waals surface area contributed by atoms with Crippen LogP contribution < -0.4 is 15.3 Å². The summed E-state index contributed by atoms with van der Waals surface area (Å²) >= 11 is 0. The third-order valence-corrected chi connectivity index (χ3v) is 7.43. The lowest BCUT2D eigenvalue weighted by atomic mass is 10.1. The largest absolute Gasteiger partial charge is 0.437 e. The van der Waals surface area contributed by atoms with E-state index in [2.05, 4.69) is 19.9 Å². The minimum absolute atomic E-state index is 0.0819. The predicted molar refractivity (Wildman–Crippen MR) is 151 cm³/mol. The number of anilines is 2. The molecule has 5 heterocycles. The first kappa shape index (κ1) is 27.0. The van der Waals surface area contributed by atoms with Crippen molar-refractivity contribution in [2.45, 2.75) is 32.7 Å². The van der Waals surface area contributed by atoms with Gasteiger partial charge in [-0.05, 0) is 49.3 Å². The zero-order valence-electron chi connectivity index (χ0n) is 23.3. The van der Waals surface area contributed by atoms with Gasteiger partial charge in [0.25, 0.3) is 0 Å². The topological polar surface area (TPSA) is 165 Å². The average Bonchev–Trinajstić information content (AvgIpc) is 3.45. The Morgan fingerprint density at radius 1 is 1.02 bits per heavy atom. The number of imidazole rings is 2. The van der Waals surface area contributed by atoms with Gasteiger partial charge in [0.15, 0.2) is 6.20 Å². The summed E-state index contributed by atoms with van der Waals surface area (Å²) in [5.74, 6) is -0.440. The standard InChI is InChI=1S/C27H27N9O6/c1-15-9-19-18(28-12-16(2)31-19)10-20(15)35(27(38)42-24-14-30-25(33(24)4)36(39)40)23-11-21-22(13-29-23)32(3)26(37)34(21)17-5-7-41-8-6-17/h9-14,17H,5-8H2,1-4H3. The molecular formula is C27H27N9O6. The Hall–Kier alpha value is -5.18.